The molecule has 1 aliphatic rings. The van der Waals surface area contributed by atoms with Crippen LogP contribution in [0.3, 0.4) is 0 Å². The lowest BCUT2D eigenvalue weighted by molar-refractivity contribution is 0.0755. The molecule has 0 atom stereocenters. The van der Waals surface area contributed by atoms with Gasteiger partial charge in [-0.3, -0.25) is 0 Å². The Bertz CT molecular complexity index is 3990. The number of ether oxygens (including phenoxy) is 13. The molecule has 13 heteroatoms. The molecule has 1 aliphatic heterocycles. The van der Waals surface area contributed by atoms with E-state index in [0.717, 1.165) is 213 Å². The molecule has 0 unspecified atom stereocenters. The third kappa shape index (κ3) is 36.9. The fourth-order valence-electron chi connectivity index (χ4n) is 18.1. The van der Waals surface area contributed by atoms with Crippen molar-refractivity contribution in [2.24, 2.45) is 0 Å². The first-order valence-corrected chi connectivity index (χ1v) is 53.1. The van der Waals surface area contributed by atoms with Gasteiger partial charge in [0.05, 0.1) is 66.1 Å². The van der Waals surface area contributed by atoms with Crippen LogP contribution in [0.1, 0.15) is 415 Å². The van der Waals surface area contributed by atoms with Crippen molar-refractivity contribution in [3.63, 3.8) is 0 Å². The maximum Gasteiger partial charge on any atom is 0.162 e. The summed E-state index contributed by atoms with van der Waals surface area (Å²) < 4.78 is 90.5. The van der Waals surface area contributed by atoms with Crippen LogP contribution in [-0.2, 0) is 4.74 Å². The molecule has 0 amide bonds. The molecule has 8 aromatic carbocycles. The van der Waals surface area contributed by atoms with Crippen LogP contribution in [0.2, 0.25) is 0 Å². The van der Waals surface area contributed by atoms with E-state index in [1.807, 2.05) is 0 Å². The number of rotatable bonds is 72. The van der Waals surface area contributed by atoms with Crippen LogP contribution in [0.5, 0.6) is 69.0 Å². The van der Waals surface area contributed by atoms with Gasteiger partial charge in [-0.25, -0.2) is 0 Å². The molecule has 0 radical (unpaired) electrons. The summed E-state index contributed by atoms with van der Waals surface area (Å²) in [6, 6.07) is 26.8. The predicted molar refractivity (Wildman–Crippen MR) is 539 cm³/mol. The molecule has 0 spiro atoms. The average molecular weight is 1750 g/mol. The molecule has 0 bridgehead atoms. The van der Waals surface area contributed by atoms with Gasteiger partial charge < -0.3 is 61.6 Å². The van der Waals surface area contributed by atoms with Crippen molar-refractivity contribution >= 4 is 64.6 Å². The zero-order chi connectivity index (χ0) is 89.0. The summed E-state index contributed by atoms with van der Waals surface area (Å²) >= 11 is 0. The first-order valence-electron chi connectivity index (χ1n) is 53.1. The highest BCUT2D eigenvalue weighted by atomic mass is 16.6. The molecule has 127 heavy (non-hydrogen) atoms. The Balaban J connectivity index is 1.15. The normalized spacial score (nSPS) is 12.7. The van der Waals surface area contributed by atoms with Gasteiger partial charge in [-0.15, -0.1) is 0 Å². The second-order valence-electron chi connectivity index (χ2n) is 36.8. The molecular weight excluding hydrogens is 1580 g/mol. The van der Waals surface area contributed by atoms with Crippen molar-refractivity contribution in [1.82, 2.24) is 0 Å². The van der Waals surface area contributed by atoms with Gasteiger partial charge in [-0.05, 0) is 189 Å². The zero-order valence-electron chi connectivity index (χ0n) is 81.7. The largest absolute Gasteiger partial charge is 0.490 e. The summed E-state index contributed by atoms with van der Waals surface area (Å²) in [7, 11) is 0. The Morgan fingerprint density at radius 2 is 0.268 bits per heavy atom. The number of hydrogen-bond acceptors (Lipinski definition) is 13. The van der Waals surface area contributed by atoms with Crippen LogP contribution in [0.4, 0.5) is 0 Å². The third-order valence-corrected chi connectivity index (χ3v) is 25.9. The smallest absolute Gasteiger partial charge is 0.162 e. The van der Waals surface area contributed by atoms with Crippen LogP contribution in [0.25, 0.3) is 64.6 Å². The lowest BCUT2D eigenvalue weighted by Crippen LogP contribution is -2.12. The maximum absolute atomic E-state index is 7.14. The van der Waals surface area contributed by atoms with Gasteiger partial charge in [0.15, 0.2) is 69.0 Å². The van der Waals surface area contributed by atoms with E-state index in [9.17, 15) is 0 Å². The molecule has 0 saturated carbocycles. The van der Waals surface area contributed by atoms with E-state index in [0.29, 0.717) is 89.1 Å². The maximum atomic E-state index is 7.14. The van der Waals surface area contributed by atoms with Gasteiger partial charge in [-0.2, -0.15) is 0 Å². The Morgan fingerprint density at radius 3 is 0.409 bits per heavy atom. The van der Waals surface area contributed by atoms with Gasteiger partial charge in [0, 0.05) is 0 Å². The molecule has 9 rings (SSSR count). The lowest BCUT2D eigenvalue weighted by atomic mass is 9.93. The Morgan fingerprint density at radius 1 is 0.150 bits per heavy atom. The van der Waals surface area contributed by atoms with Crippen molar-refractivity contribution in [1.29, 1.82) is 0 Å². The van der Waals surface area contributed by atoms with Crippen molar-refractivity contribution in [3.05, 3.63) is 72.8 Å². The highest BCUT2D eigenvalue weighted by Gasteiger charge is 2.25. The van der Waals surface area contributed by atoms with Crippen molar-refractivity contribution in [3.8, 4) is 69.0 Å². The predicted octanol–water partition coefficient (Wildman–Crippen LogP) is 34.9. The van der Waals surface area contributed by atoms with Gasteiger partial charge in [-0.1, -0.05) is 364 Å². The van der Waals surface area contributed by atoms with Crippen molar-refractivity contribution in [2.75, 3.05) is 92.5 Å². The number of benzene rings is 8. The topological polar surface area (TPSA) is 120 Å². The van der Waals surface area contributed by atoms with E-state index in [1.165, 1.54) is 257 Å². The van der Waals surface area contributed by atoms with Crippen molar-refractivity contribution in [2.45, 2.75) is 415 Å². The first-order chi connectivity index (χ1) is 62.9. The summed E-state index contributed by atoms with van der Waals surface area (Å²) in [5.74, 6) is 8.63. The van der Waals surface area contributed by atoms with E-state index in [-0.39, 0.29) is 26.4 Å². The SMILES string of the molecule is CCCCCCCCCOc1cc2c3cc(OCCCCCCCCC)c(OCCCCCCCCC)cc3c3cc4c(cc3c2cc1OCCCCCCCCC)OCCOCCOc1cc2c3cc(OCCCCCCCCC)c(OCCCCCCCCC)cc3c3cc(OCCCCCCCCC)c(OCCCCCCCCC)cc3c2cc1OCCO4. The second kappa shape index (κ2) is 64.6. The average Bonchev–Trinajstić information content (AvgIpc) is 0.750. The number of hydrogen-bond donors (Lipinski definition) is 0. The molecule has 13 nitrogen and oxygen atoms in total. The lowest BCUT2D eigenvalue weighted by Gasteiger charge is -2.21. The van der Waals surface area contributed by atoms with Crippen LogP contribution >= 0.6 is 0 Å². The van der Waals surface area contributed by atoms with Gasteiger partial charge >= 0.3 is 0 Å². The summed E-state index contributed by atoms with van der Waals surface area (Å²) in [5, 5.41) is 12.4. The van der Waals surface area contributed by atoms with E-state index in [1.54, 1.807) is 0 Å². The standard InChI is InChI=1S/C114H176O13/c1-9-17-25-33-41-49-57-65-116-103-79-91-93-81-105(118-67-59-51-43-35-27-19-11-3)109(122-71-63-55-47-39-31-23-15-7)85-97(93)101-89-113-111(87-99(101)95(91)83-107(103)120-69-61-53-45-37-29-21-13-5)124-75-73-115-74-76-125-112-88-100-96-84-108(121-70-62-54-46-38-30-22-14-6)104(117-66-58-50-42-34-26-18-10-2)80-92(96)94-82-106(119-68-60-52-44-36-28-20-12-4)110(123-72-64-56-48-40-32-24-16-8)86-98(94)102(100)90-114(112)127-78-77-126-113/h79-90H,9-78H2,1-8H3. The highest BCUT2D eigenvalue weighted by molar-refractivity contribution is 6.28. The minimum absolute atomic E-state index is 0.205. The fourth-order valence-corrected chi connectivity index (χ4v) is 18.1. The molecule has 0 saturated heterocycles. The summed E-state index contributed by atoms with van der Waals surface area (Å²) in [6.07, 6.45) is 67.3. The monoisotopic (exact) mass is 1750 g/mol. The molecule has 8 aromatic rings. The van der Waals surface area contributed by atoms with Crippen LogP contribution in [-0.4, -0.2) is 92.5 Å². The molecule has 0 N–H and O–H groups in total. The van der Waals surface area contributed by atoms with E-state index in [4.69, 9.17) is 61.6 Å². The fraction of sp³-hybridized carbons (Fsp3) is 0.684. The zero-order valence-corrected chi connectivity index (χ0v) is 81.7. The quantitative estimate of drug-likeness (QED) is 0.0266. The van der Waals surface area contributed by atoms with Gasteiger partial charge in [0.25, 0.3) is 0 Å². The Labute approximate surface area is 771 Å². The Hall–Kier alpha value is -7.12. The molecular formula is C114H176O13. The Kier molecular flexibility index (Phi) is 52.7. The summed E-state index contributed by atoms with van der Waals surface area (Å²) in [6.45, 7) is 24.8. The van der Waals surface area contributed by atoms with E-state index < -0.39 is 0 Å². The van der Waals surface area contributed by atoms with E-state index >= 15 is 0 Å². The molecule has 0 aromatic heterocycles. The highest BCUT2D eigenvalue weighted by Crippen LogP contribution is 2.51. The van der Waals surface area contributed by atoms with Crippen molar-refractivity contribution < 1.29 is 61.6 Å². The second-order valence-corrected chi connectivity index (χ2v) is 36.8. The number of unbranched alkanes of at least 4 members (excludes halogenated alkanes) is 48. The van der Waals surface area contributed by atoms with Gasteiger partial charge in [0.1, 0.15) is 26.4 Å². The van der Waals surface area contributed by atoms with Gasteiger partial charge in [0.2, 0.25) is 0 Å². The number of fused-ring (bicyclic) bond motifs is 14. The molecule has 1 heterocycles. The van der Waals surface area contributed by atoms with E-state index in [2.05, 4.69) is 128 Å². The van der Waals surface area contributed by atoms with Crippen LogP contribution in [0, 0.1) is 0 Å². The minimum Gasteiger partial charge on any atom is -0.490 e. The molecule has 0 fully saturated rings. The molecule has 710 valence electrons. The first kappa shape index (κ1) is 104. The third-order valence-electron chi connectivity index (χ3n) is 25.9. The van der Waals surface area contributed by atoms with Crippen LogP contribution in [0.15, 0.2) is 72.8 Å². The van der Waals surface area contributed by atoms with Crippen LogP contribution < -0.4 is 56.8 Å². The minimum atomic E-state index is 0.205. The molecule has 0 aliphatic carbocycles. The summed E-state index contributed by atoms with van der Waals surface area (Å²) in [5.41, 5.74) is 0. The summed E-state index contributed by atoms with van der Waals surface area (Å²) in [4.78, 5) is 0.